The number of hydrogen-bond donors (Lipinski definition) is 0. The lowest BCUT2D eigenvalue weighted by atomic mass is 9.94. The lowest BCUT2D eigenvalue weighted by molar-refractivity contribution is 0.0205. The Hall–Kier alpha value is -1.60. The van der Waals surface area contributed by atoms with Gasteiger partial charge < -0.3 is 14.4 Å². The van der Waals surface area contributed by atoms with E-state index in [1.807, 2.05) is 25.7 Å². The van der Waals surface area contributed by atoms with Gasteiger partial charge in [0.05, 0.1) is 22.3 Å². The number of hydrogen-bond acceptors (Lipinski definition) is 5. The molecule has 0 unspecified atom stereocenters. The molecule has 1 aromatic heterocycles. The maximum absolute atomic E-state index is 12.3. The van der Waals surface area contributed by atoms with Crippen LogP contribution in [-0.4, -0.2) is 41.8 Å². The number of benzene rings is 1. The summed E-state index contributed by atoms with van der Waals surface area (Å²) in [6, 6.07) is 4.36. The molecule has 0 spiro atoms. The zero-order valence-corrected chi connectivity index (χ0v) is 21.4. The Morgan fingerprint density at radius 2 is 1.94 bits per heavy atom. The first-order valence-electron chi connectivity index (χ1n) is 10.9. The standard InChI is InChI=1S/C24H31BrN2O3S/c1-23(2,3)30-22(28)27-10-6-15(7-11-27)21-26-19(14-31-21)16-12-17(24(4)8-9-24)20(29-5)18(25)13-16/h12-15H,6-11H2,1-5H3. The summed E-state index contributed by atoms with van der Waals surface area (Å²) in [6.45, 7) is 9.44. The maximum Gasteiger partial charge on any atom is 0.410 e. The second-order valence-corrected chi connectivity index (χ2v) is 11.7. The fraction of sp³-hybridized carbons (Fsp3) is 0.583. The van der Waals surface area contributed by atoms with Crippen LogP contribution in [0.4, 0.5) is 4.79 Å². The molecule has 1 saturated heterocycles. The summed E-state index contributed by atoms with van der Waals surface area (Å²) in [5.74, 6) is 1.33. The summed E-state index contributed by atoms with van der Waals surface area (Å²) >= 11 is 5.42. The van der Waals surface area contributed by atoms with Crippen molar-refractivity contribution < 1.29 is 14.3 Å². The number of aromatic nitrogens is 1. The van der Waals surface area contributed by atoms with E-state index in [2.05, 4.69) is 40.4 Å². The largest absolute Gasteiger partial charge is 0.495 e. The second-order valence-electron chi connectivity index (χ2n) is 9.91. The average molecular weight is 507 g/mol. The molecule has 4 rings (SSSR count). The van der Waals surface area contributed by atoms with Crippen LogP contribution in [0.15, 0.2) is 22.0 Å². The SMILES string of the molecule is COc1c(Br)cc(-c2csc(C3CCN(C(=O)OC(C)(C)C)CC3)n2)cc1C1(C)CC1. The van der Waals surface area contributed by atoms with Gasteiger partial charge in [-0.15, -0.1) is 11.3 Å². The zero-order valence-electron chi connectivity index (χ0n) is 19.0. The van der Waals surface area contributed by atoms with Crippen molar-refractivity contribution in [2.24, 2.45) is 0 Å². The van der Waals surface area contributed by atoms with E-state index in [1.54, 1.807) is 18.4 Å². The molecule has 1 saturated carbocycles. The van der Waals surface area contributed by atoms with Crippen LogP contribution < -0.4 is 4.74 Å². The van der Waals surface area contributed by atoms with Gasteiger partial charge in [-0.1, -0.05) is 6.92 Å². The first kappa shape index (κ1) is 22.6. The number of carbonyl (C=O) groups is 1. The first-order valence-corrected chi connectivity index (χ1v) is 12.6. The van der Waals surface area contributed by atoms with Crippen LogP contribution >= 0.6 is 27.3 Å². The van der Waals surface area contributed by atoms with Crippen molar-refractivity contribution in [3.05, 3.63) is 32.6 Å². The molecule has 0 radical (unpaired) electrons. The monoisotopic (exact) mass is 506 g/mol. The van der Waals surface area contributed by atoms with E-state index < -0.39 is 5.60 Å². The molecule has 31 heavy (non-hydrogen) atoms. The van der Waals surface area contributed by atoms with Crippen molar-refractivity contribution >= 4 is 33.4 Å². The Kier molecular flexibility index (Phi) is 6.12. The number of rotatable bonds is 4. The molecule has 168 valence electrons. The number of amides is 1. The summed E-state index contributed by atoms with van der Waals surface area (Å²) in [4.78, 5) is 19.1. The Balaban J connectivity index is 1.47. The number of halogens is 1. The molecular formula is C24H31BrN2O3S. The van der Waals surface area contributed by atoms with E-state index in [0.29, 0.717) is 19.0 Å². The molecule has 2 aromatic rings. The van der Waals surface area contributed by atoms with Crippen molar-refractivity contribution in [3.8, 4) is 17.0 Å². The number of likely N-dealkylation sites (tertiary alicyclic amines) is 1. The lowest BCUT2D eigenvalue weighted by Crippen LogP contribution is -2.41. The molecule has 2 fully saturated rings. The summed E-state index contributed by atoms with van der Waals surface area (Å²) in [7, 11) is 1.74. The minimum atomic E-state index is -0.457. The Labute approximate surface area is 197 Å². The van der Waals surface area contributed by atoms with E-state index in [9.17, 15) is 4.79 Å². The average Bonchev–Trinajstić information content (AvgIpc) is 3.26. The molecule has 0 bridgehead atoms. The van der Waals surface area contributed by atoms with Crippen LogP contribution in [0.25, 0.3) is 11.3 Å². The second kappa shape index (κ2) is 8.39. The Bertz CT molecular complexity index is 970. The maximum atomic E-state index is 12.3. The molecule has 1 amide bonds. The molecule has 5 nitrogen and oxygen atoms in total. The Morgan fingerprint density at radius 3 is 2.52 bits per heavy atom. The van der Waals surface area contributed by atoms with Crippen molar-refractivity contribution in [1.29, 1.82) is 0 Å². The van der Waals surface area contributed by atoms with E-state index in [-0.39, 0.29) is 11.5 Å². The summed E-state index contributed by atoms with van der Waals surface area (Å²) < 4.78 is 12.2. The van der Waals surface area contributed by atoms with Crippen LogP contribution in [0.3, 0.4) is 0 Å². The van der Waals surface area contributed by atoms with Gasteiger partial charge in [0, 0.05) is 35.5 Å². The Morgan fingerprint density at radius 1 is 1.26 bits per heavy atom. The number of piperidine rings is 1. The summed E-state index contributed by atoms with van der Waals surface area (Å²) in [5, 5.41) is 3.31. The lowest BCUT2D eigenvalue weighted by Gasteiger charge is -2.32. The molecule has 2 aliphatic rings. The van der Waals surface area contributed by atoms with Crippen molar-refractivity contribution in [1.82, 2.24) is 9.88 Å². The highest BCUT2D eigenvalue weighted by atomic mass is 79.9. The normalized spacial score (nSPS) is 18.7. The number of carbonyl (C=O) groups excluding carboxylic acids is 1. The molecule has 1 aliphatic carbocycles. The van der Waals surface area contributed by atoms with Gasteiger partial charge in [0.15, 0.2) is 0 Å². The van der Waals surface area contributed by atoms with Crippen molar-refractivity contribution in [3.63, 3.8) is 0 Å². The highest BCUT2D eigenvalue weighted by Gasteiger charge is 2.42. The molecule has 0 N–H and O–H groups in total. The quantitative estimate of drug-likeness (QED) is 0.460. The predicted octanol–water partition coefficient (Wildman–Crippen LogP) is 6.75. The van der Waals surface area contributed by atoms with Gasteiger partial charge >= 0.3 is 6.09 Å². The van der Waals surface area contributed by atoms with E-state index >= 15 is 0 Å². The summed E-state index contributed by atoms with van der Waals surface area (Å²) in [6.07, 6.45) is 4.01. The van der Waals surface area contributed by atoms with Gasteiger partial charge in [0.25, 0.3) is 0 Å². The minimum absolute atomic E-state index is 0.206. The van der Waals surface area contributed by atoms with Gasteiger partial charge in [-0.05, 0) is 79.9 Å². The van der Waals surface area contributed by atoms with Crippen LogP contribution in [-0.2, 0) is 10.2 Å². The molecule has 7 heteroatoms. The first-order chi connectivity index (χ1) is 14.6. The highest BCUT2D eigenvalue weighted by Crippen LogP contribution is 2.53. The third-order valence-corrected chi connectivity index (χ3v) is 7.81. The summed E-state index contributed by atoms with van der Waals surface area (Å²) in [5.41, 5.74) is 3.16. The molecule has 1 aromatic carbocycles. The third kappa shape index (κ3) is 4.92. The van der Waals surface area contributed by atoms with Crippen LogP contribution in [0.2, 0.25) is 0 Å². The zero-order chi connectivity index (χ0) is 22.4. The smallest absolute Gasteiger partial charge is 0.410 e. The minimum Gasteiger partial charge on any atom is -0.495 e. The predicted molar refractivity (Wildman–Crippen MR) is 128 cm³/mol. The number of nitrogens with zero attached hydrogens (tertiary/aromatic N) is 2. The van der Waals surface area contributed by atoms with Crippen LogP contribution in [0.5, 0.6) is 5.75 Å². The van der Waals surface area contributed by atoms with E-state index in [4.69, 9.17) is 14.5 Å². The number of methoxy groups -OCH3 is 1. The van der Waals surface area contributed by atoms with Gasteiger partial charge in [-0.2, -0.15) is 0 Å². The van der Waals surface area contributed by atoms with Crippen molar-refractivity contribution in [2.45, 2.75) is 70.3 Å². The number of thiazole rings is 1. The molecule has 2 heterocycles. The van der Waals surface area contributed by atoms with E-state index in [0.717, 1.165) is 39.3 Å². The van der Waals surface area contributed by atoms with Crippen molar-refractivity contribution in [2.75, 3.05) is 20.2 Å². The number of ether oxygens (including phenoxy) is 2. The fourth-order valence-electron chi connectivity index (χ4n) is 4.10. The molecule has 1 aliphatic heterocycles. The van der Waals surface area contributed by atoms with Gasteiger partial charge in [-0.25, -0.2) is 9.78 Å². The van der Waals surface area contributed by atoms with Gasteiger partial charge in [-0.3, -0.25) is 0 Å². The molecular weight excluding hydrogens is 476 g/mol. The van der Waals surface area contributed by atoms with Gasteiger partial charge in [0.2, 0.25) is 0 Å². The van der Waals surface area contributed by atoms with Crippen LogP contribution in [0.1, 0.15) is 69.9 Å². The fourth-order valence-corrected chi connectivity index (χ4v) is 5.72. The third-order valence-electron chi connectivity index (χ3n) is 6.21. The molecule has 0 atom stereocenters. The highest BCUT2D eigenvalue weighted by molar-refractivity contribution is 9.10. The van der Waals surface area contributed by atoms with E-state index in [1.165, 1.54) is 18.4 Å². The van der Waals surface area contributed by atoms with Gasteiger partial charge in [0.1, 0.15) is 11.4 Å². The van der Waals surface area contributed by atoms with Crippen LogP contribution in [0, 0.1) is 0 Å². The topological polar surface area (TPSA) is 51.7 Å².